The van der Waals surface area contributed by atoms with Crippen molar-refractivity contribution in [1.82, 2.24) is 25.1 Å². The summed E-state index contributed by atoms with van der Waals surface area (Å²) in [6, 6.07) is 0. The fourth-order valence-electron chi connectivity index (χ4n) is 2.86. The number of hydrogen-bond donors (Lipinski definition) is 4. The molecule has 0 aliphatic carbocycles. The van der Waals surface area contributed by atoms with E-state index in [1.807, 2.05) is 0 Å². The van der Waals surface area contributed by atoms with Crippen LogP contribution in [-0.4, -0.2) is 61.6 Å². The van der Waals surface area contributed by atoms with Crippen LogP contribution in [0.4, 0.5) is 10.6 Å². The van der Waals surface area contributed by atoms with Gasteiger partial charge in [-0.15, -0.1) is 0 Å². The molecule has 0 radical (unpaired) electrons. The zero-order valence-electron chi connectivity index (χ0n) is 14.3. The van der Waals surface area contributed by atoms with Gasteiger partial charge in [0.05, 0.1) is 17.7 Å². The van der Waals surface area contributed by atoms with E-state index in [0.717, 1.165) is 0 Å². The lowest BCUT2D eigenvalue weighted by Crippen LogP contribution is -2.25. The molecule has 5 N–H and O–H groups in total. The summed E-state index contributed by atoms with van der Waals surface area (Å²) < 4.78 is 11.6. The van der Waals surface area contributed by atoms with E-state index < -0.39 is 24.7 Å². The Morgan fingerprint density at radius 1 is 1.50 bits per heavy atom. The summed E-state index contributed by atoms with van der Waals surface area (Å²) in [5.41, 5.74) is 7.11. The first kappa shape index (κ1) is 18.3. The number of anilines is 1. The number of nitrogen functional groups attached to an aromatic ring is 1. The Kier molecular flexibility index (Phi) is 5.49. The monoisotopic (exact) mass is 366 g/mol. The summed E-state index contributed by atoms with van der Waals surface area (Å²) in [4.78, 5) is 19.5. The molecule has 3 atom stereocenters. The maximum absolute atomic E-state index is 11.3. The van der Waals surface area contributed by atoms with Gasteiger partial charge in [0.15, 0.2) is 18.2 Å². The van der Waals surface area contributed by atoms with E-state index in [2.05, 4.69) is 20.4 Å². The summed E-state index contributed by atoms with van der Waals surface area (Å²) in [5, 5.41) is 27.1. The molecule has 1 amide bonds. The number of rotatable bonds is 6. The number of nitrogens with zero attached hydrogens (tertiary/aromatic N) is 4. The zero-order valence-corrected chi connectivity index (χ0v) is 14.3. The number of hydrogen-bond acceptors (Lipinski definition) is 9. The molecule has 26 heavy (non-hydrogen) atoms. The third-order valence-corrected chi connectivity index (χ3v) is 4.07. The van der Waals surface area contributed by atoms with Gasteiger partial charge in [-0.05, 0) is 19.8 Å². The van der Waals surface area contributed by atoms with Crippen LogP contribution in [0, 0.1) is 0 Å². The molecule has 1 fully saturated rings. The SMILES string of the molecule is CCOC(=O)NCCCc1nn(C2CC(O)C(O)O2)c2ncnc(N)c12. The summed E-state index contributed by atoms with van der Waals surface area (Å²) in [5.74, 6) is 0.286. The standard InChI is InChI=1S/C15H22N6O5/c1-2-25-15(24)17-5-3-4-8-11-12(16)18-7-19-13(11)21(20-8)10-6-9(22)14(23)26-10/h7,9-10,14,22-23H,2-6H2,1H3,(H,17,24)(H2,16,18,19). The van der Waals surface area contributed by atoms with Gasteiger partial charge in [-0.25, -0.2) is 19.4 Å². The van der Waals surface area contributed by atoms with E-state index in [1.54, 1.807) is 6.92 Å². The number of aromatic nitrogens is 4. The van der Waals surface area contributed by atoms with Crippen molar-refractivity contribution in [2.45, 2.75) is 44.8 Å². The lowest BCUT2D eigenvalue weighted by atomic mass is 10.2. The Bertz CT molecular complexity index is 771. The number of aryl methyl sites for hydroxylation is 1. The molecule has 3 rings (SSSR count). The smallest absolute Gasteiger partial charge is 0.407 e. The maximum atomic E-state index is 11.3. The van der Waals surface area contributed by atoms with E-state index in [1.165, 1.54) is 11.0 Å². The molecule has 0 bridgehead atoms. The molecule has 0 spiro atoms. The maximum Gasteiger partial charge on any atom is 0.407 e. The number of ether oxygens (including phenoxy) is 2. The van der Waals surface area contributed by atoms with Crippen LogP contribution in [-0.2, 0) is 15.9 Å². The summed E-state index contributed by atoms with van der Waals surface area (Å²) >= 11 is 0. The second-order valence-corrected chi connectivity index (χ2v) is 5.88. The van der Waals surface area contributed by atoms with Crippen molar-refractivity contribution in [2.24, 2.45) is 0 Å². The molecular formula is C15H22N6O5. The van der Waals surface area contributed by atoms with E-state index in [4.69, 9.17) is 15.2 Å². The Hall–Kier alpha value is -2.50. The van der Waals surface area contributed by atoms with Crippen molar-refractivity contribution >= 4 is 22.9 Å². The lowest BCUT2D eigenvalue weighted by Gasteiger charge is -2.10. The first-order valence-electron chi connectivity index (χ1n) is 8.41. The minimum atomic E-state index is -1.27. The predicted octanol–water partition coefficient (Wildman–Crippen LogP) is -0.315. The topological polar surface area (TPSA) is 158 Å². The van der Waals surface area contributed by atoms with E-state index in [9.17, 15) is 15.0 Å². The van der Waals surface area contributed by atoms with Crippen molar-refractivity contribution in [3.8, 4) is 0 Å². The number of carbonyl (C=O) groups is 1. The molecule has 11 nitrogen and oxygen atoms in total. The third-order valence-electron chi connectivity index (χ3n) is 4.07. The number of alkyl carbamates (subject to hydrolysis) is 1. The van der Waals surface area contributed by atoms with Crippen molar-refractivity contribution < 1.29 is 24.5 Å². The molecule has 2 aromatic heterocycles. The third kappa shape index (κ3) is 3.69. The van der Waals surface area contributed by atoms with Gasteiger partial charge in [0, 0.05) is 13.0 Å². The van der Waals surface area contributed by atoms with E-state index >= 15 is 0 Å². The van der Waals surface area contributed by atoms with Crippen LogP contribution in [0.3, 0.4) is 0 Å². The van der Waals surface area contributed by atoms with Gasteiger partial charge in [-0.3, -0.25) is 0 Å². The van der Waals surface area contributed by atoms with Crippen molar-refractivity contribution in [3.05, 3.63) is 12.0 Å². The summed E-state index contributed by atoms with van der Waals surface area (Å²) in [6.07, 6.45) is -0.737. The van der Waals surface area contributed by atoms with Crippen LogP contribution in [0.2, 0.25) is 0 Å². The Balaban J connectivity index is 1.77. The molecular weight excluding hydrogens is 344 g/mol. The normalized spacial score (nSPS) is 22.7. The van der Waals surface area contributed by atoms with Crippen LogP contribution in [0.1, 0.15) is 31.7 Å². The molecule has 2 aromatic rings. The van der Waals surface area contributed by atoms with Gasteiger partial charge in [0.2, 0.25) is 0 Å². The number of amides is 1. The van der Waals surface area contributed by atoms with Crippen molar-refractivity contribution in [1.29, 1.82) is 0 Å². The highest BCUT2D eigenvalue weighted by Gasteiger charge is 2.35. The largest absolute Gasteiger partial charge is 0.450 e. The Morgan fingerprint density at radius 2 is 2.31 bits per heavy atom. The van der Waals surface area contributed by atoms with Gasteiger partial charge >= 0.3 is 6.09 Å². The van der Waals surface area contributed by atoms with Gasteiger partial charge in [-0.2, -0.15) is 5.10 Å². The molecule has 11 heteroatoms. The Labute approximate surface area is 149 Å². The average molecular weight is 366 g/mol. The fraction of sp³-hybridized carbons (Fsp3) is 0.600. The minimum absolute atomic E-state index is 0.186. The number of nitrogens with two attached hydrogens (primary N) is 1. The quantitative estimate of drug-likeness (QED) is 0.503. The van der Waals surface area contributed by atoms with Crippen molar-refractivity contribution in [2.75, 3.05) is 18.9 Å². The highest BCUT2D eigenvalue weighted by molar-refractivity contribution is 5.88. The number of fused-ring (bicyclic) bond motifs is 1. The molecule has 142 valence electrons. The molecule has 1 aliphatic rings. The summed E-state index contributed by atoms with van der Waals surface area (Å²) in [7, 11) is 0. The fourth-order valence-corrected chi connectivity index (χ4v) is 2.86. The second-order valence-electron chi connectivity index (χ2n) is 5.88. The first-order valence-corrected chi connectivity index (χ1v) is 8.41. The van der Waals surface area contributed by atoms with Gasteiger partial charge in [0.1, 0.15) is 18.2 Å². The number of aliphatic hydroxyl groups excluding tert-OH is 2. The first-order chi connectivity index (χ1) is 12.5. The zero-order chi connectivity index (χ0) is 18.7. The van der Waals surface area contributed by atoms with Crippen LogP contribution in [0.15, 0.2) is 6.33 Å². The van der Waals surface area contributed by atoms with Gasteiger partial charge < -0.3 is 30.7 Å². The second kappa shape index (κ2) is 7.81. The molecule has 3 unspecified atom stereocenters. The predicted molar refractivity (Wildman–Crippen MR) is 89.8 cm³/mol. The number of aliphatic hydroxyl groups is 2. The number of carbonyl (C=O) groups excluding carboxylic acids is 1. The van der Waals surface area contributed by atoms with Crippen LogP contribution < -0.4 is 11.1 Å². The minimum Gasteiger partial charge on any atom is -0.450 e. The number of nitrogens with one attached hydrogen (secondary N) is 1. The van der Waals surface area contributed by atoms with Crippen molar-refractivity contribution in [3.63, 3.8) is 0 Å². The molecule has 0 aromatic carbocycles. The van der Waals surface area contributed by atoms with E-state index in [-0.39, 0.29) is 12.2 Å². The highest BCUT2D eigenvalue weighted by Crippen LogP contribution is 2.32. The molecule has 3 heterocycles. The molecule has 1 aliphatic heterocycles. The Morgan fingerprint density at radius 3 is 3.00 bits per heavy atom. The summed E-state index contributed by atoms with van der Waals surface area (Å²) in [6.45, 7) is 2.46. The lowest BCUT2D eigenvalue weighted by molar-refractivity contribution is -0.142. The van der Waals surface area contributed by atoms with Crippen LogP contribution >= 0.6 is 0 Å². The van der Waals surface area contributed by atoms with Crippen LogP contribution in [0.25, 0.3) is 11.0 Å². The molecule has 0 saturated carbocycles. The van der Waals surface area contributed by atoms with Gasteiger partial charge in [-0.1, -0.05) is 0 Å². The molecule has 1 saturated heterocycles. The van der Waals surface area contributed by atoms with Crippen LogP contribution in [0.5, 0.6) is 0 Å². The van der Waals surface area contributed by atoms with Gasteiger partial charge in [0.25, 0.3) is 0 Å². The van der Waals surface area contributed by atoms with E-state index in [0.29, 0.717) is 42.7 Å². The average Bonchev–Trinajstić information content (AvgIpc) is 3.13. The highest BCUT2D eigenvalue weighted by atomic mass is 16.6.